The quantitative estimate of drug-likeness (QED) is 0.803. The first-order valence-electron chi connectivity index (χ1n) is 6.50. The van der Waals surface area contributed by atoms with Crippen LogP contribution in [0.15, 0.2) is 18.2 Å². The molecule has 7 heteroatoms. The van der Waals surface area contributed by atoms with Gasteiger partial charge < -0.3 is 20.1 Å². The number of nitrogens with one attached hydrogen (secondary N) is 2. The van der Waals surface area contributed by atoms with Crippen LogP contribution in [0.4, 0.5) is 10.1 Å². The van der Waals surface area contributed by atoms with E-state index >= 15 is 0 Å². The van der Waals surface area contributed by atoms with E-state index in [0.717, 1.165) is 12.1 Å². The zero-order valence-electron chi connectivity index (χ0n) is 11.8. The summed E-state index contributed by atoms with van der Waals surface area (Å²) in [7, 11) is 2.96. The normalized spacial score (nSPS) is 21.1. The Labute approximate surface area is 121 Å². The van der Waals surface area contributed by atoms with Crippen molar-refractivity contribution in [3.63, 3.8) is 0 Å². The van der Waals surface area contributed by atoms with Crippen molar-refractivity contribution in [2.75, 3.05) is 32.7 Å². The number of carbonyl (C=O) groups is 2. The number of anilines is 1. The van der Waals surface area contributed by atoms with Gasteiger partial charge in [-0.2, -0.15) is 0 Å². The number of esters is 1. The number of hydrogen-bond acceptors (Lipinski definition) is 5. The molecule has 0 aliphatic carbocycles. The number of methoxy groups -OCH3 is 1. The van der Waals surface area contributed by atoms with E-state index < -0.39 is 17.7 Å². The first kappa shape index (κ1) is 15.4. The van der Waals surface area contributed by atoms with Crippen molar-refractivity contribution < 1.29 is 23.5 Å². The molecule has 0 bridgehead atoms. The molecule has 1 heterocycles. The molecule has 0 aromatic heterocycles. The molecule has 1 saturated heterocycles. The van der Waals surface area contributed by atoms with E-state index in [1.807, 2.05) is 0 Å². The molecule has 0 saturated carbocycles. The van der Waals surface area contributed by atoms with Gasteiger partial charge in [-0.25, -0.2) is 9.18 Å². The minimum absolute atomic E-state index is 0.0913. The molecule has 2 rings (SSSR count). The molecule has 1 aliphatic heterocycles. The summed E-state index contributed by atoms with van der Waals surface area (Å²) in [6, 6.07) is 3.39. The van der Waals surface area contributed by atoms with Gasteiger partial charge in [0, 0.05) is 6.04 Å². The fraction of sp³-hybridized carbons (Fsp3) is 0.429. The Hall–Kier alpha value is -1.99. The fourth-order valence-electron chi connectivity index (χ4n) is 2.23. The molecule has 2 N–H and O–H groups in total. The number of rotatable bonds is 4. The van der Waals surface area contributed by atoms with Crippen molar-refractivity contribution >= 4 is 17.6 Å². The molecule has 114 valence electrons. The predicted molar refractivity (Wildman–Crippen MR) is 73.5 cm³/mol. The summed E-state index contributed by atoms with van der Waals surface area (Å²) >= 11 is 0. The molecule has 0 spiro atoms. The molecule has 1 amide bonds. The van der Waals surface area contributed by atoms with Crippen molar-refractivity contribution in [2.45, 2.75) is 6.04 Å². The molecule has 21 heavy (non-hydrogen) atoms. The van der Waals surface area contributed by atoms with E-state index in [4.69, 9.17) is 4.74 Å². The van der Waals surface area contributed by atoms with E-state index in [0.29, 0.717) is 6.61 Å². The van der Waals surface area contributed by atoms with Crippen LogP contribution in [0.3, 0.4) is 0 Å². The van der Waals surface area contributed by atoms with Crippen LogP contribution in [0, 0.1) is 11.7 Å². The highest BCUT2D eigenvalue weighted by atomic mass is 19.1. The van der Waals surface area contributed by atoms with Gasteiger partial charge in [0.1, 0.15) is 5.82 Å². The molecule has 1 aromatic rings. The highest BCUT2D eigenvalue weighted by molar-refractivity contribution is 6.02. The first-order chi connectivity index (χ1) is 10.1. The number of carbonyl (C=O) groups excluding carboxylic acids is 2. The summed E-state index contributed by atoms with van der Waals surface area (Å²) in [5, 5.41) is 5.56. The zero-order valence-corrected chi connectivity index (χ0v) is 11.8. The van der Waals surface area contributed by atoms with Crippen LogP contribution < -0.4 is 10.6 Å². The Balaban J connectivity index is 2.20. The molecule has 2 unspecified atom stereocenters. The van der Waals surface area contributed by atoms with E-state index in [9.17, 15) is 14.0 Å². The lowest BCUT2D eigenvalue weighted by atomic mass is 10.0. The molecular formula is C14H17FN2O4. The number of benzene rings is 1. The van der Waals surface area contributed by atoms with Gasteiger partial charge in [-0.1, -0.05) is 0 Å². The van der Waals surface area contributed by atoms with Crippen LogP contribution in [-0.2, 0) is 14.3 Å². The fourth-order valence-corrected chi connectivity index (χ4v) is 2.23. The Morgan fingerprint density at radius 2 is 2.14 bits per heavy atom. The summed E-state index contributed by atoms with van der Waals surface area (Å²) in [6.45, 7) is 0.710. The summed E-state index contributed by atoms with van der Waals surface area (Å²) in [5.74, 6) is -1.92. The molecule has 0 radical (unpaired) electrons. The van der Waals surface area contributed by atoms with Crippen molar-refractivity contribution in [1.82, 2.24) is 5.32 Å². The Kier molecular flexibility index (Phi) is 4.87. The lowest BCUT2D eigenvalue weighted by Gasteiger charge is -2.17. The van der Waals surface area contributed by atoms with Crippen molar-refractivity contribution in [3.05, 3.63) is 29.6 Å². The van der Waals surface area contributed by atoms with Crippen LogP contribution in [0.5, 0.6) is 0 Å². The third kappa shape index (κ3) is 3.37. The van der Waals surface area contributed by atoms with Gasteiger partial charge in [0.15, 0.2) is 0 Å². The molecule has 1 fully saturated rings. The number of amides is 1. The second kappa shape index (κ2) is 6.64. The smallest absolute Gasteiger partial charge is 0.339 e. The van der Waals surface area contributed by atoms with Gasteiger partial charge in [0.25, 0.3) is 0 Å². The van der Waals surface area contributed by atoms with Gasteiger partial charge in [-0.15, -0.1) is 0 Å². The number of halogens is 1. The highest BCUT2D eigenvalue weighted by Gasteiger charge is 2.33. The van der Waals surface area contributed by atoms with Gasteiger partial charge in [0.05, 0.1) is 37.5 Å². The summed E-state index contributed by atoms with van der Waals surface area (Å²) in [6.07, 6.45) is 0. The topological polar surface area (TPSA) is 76.7 Å². The summed E-state index contributed by atoms with van der Waals surface area (Å²) in [4.78, 5) is 23.9. The number of likely N-dealkylation sites (N-methyl/N-ethyl adjacent to an activating group) is 1. The number of ether oxygens (including phenoxy) is 2. The van der Waals surface area contributed by atoms with Crippen molar-refractivity contribution in [3.8, 4) is 0 Å². The van der Waals surface area contributed by atoms with Gasteiger partial charge in [0.2, 0.25) is 5.91 Å². The maximum absolute atomic E-state index is 13.3. The van der Waals surface area contributed by atoms with Gasteiger partial charge >= 0.3 is 5.97 Å². The molecule has 6 nitrogen and oxygen atoms in total. The lowest BCUT2D eigenvalue weighted by Crippen LogP contribution is -2.39. The Morgan fingerprint density at radius 1 is 1.38 bits per heavy atom. The van der Waals surface area contributed by atoms with Crippen LogP contribution in [0.2, 0.25) is 0 Å². The molecule has 2 atom stereocenters. The second-order valence-electron chi connectivity index (χ2n) is 4.71. The lowest BCUT2D eigenvalue weighted by molar-refractivity contribution is -0.120. The average Bonchev–Trinajstić information content (AvgIpc) is 2.95. The van der Waals surface area contributed by atoms with E-state index in [2.05, 4.69) is 15.4 Å². The second-order valence-corrected chi connectivity index (χ2v) is 4.71. The third-order valence-corrected chi connectivity index (χ3v) is 3.43. The number of hydrogen-bond donors (Lipinski definition) is 2. The minimum atomic E-state index is -0.641. The maximum atomic E-state index is 13.3. The minimum Gasteiger partial charge on any atom is -0.465 e. The van der Waals surface area contributed by atoms with Crippen LogP contribution in [0.1, 0.15) is 10.4 Å². The highest BCUT2D eigenvalue weighted by Crippen LogP contribution is 2.21. The van der Waals surface area contributed by atoms with Crippen LogP contribution >= 0.6 is 0 Å². The van der Waals surface area contributed by atoms with Crippen LogP contribution in [-0.4, -0.2) is 45.3 Å². The average molecular weight is 296 g/mol. The SMILES string of the molecule is CNC1COCC1C(=O)Nc1cc(F)ccc1C(=O)OC. The van der Waals surface area contributed by atoms with Crippen molar-refractivity contribution in [2.24, 2.45) is 5.92 Å². The Bertz CT molecular complexity index is 550. The monoisotopic (exact) mass is 296 g/mol. The standard InChI is InChI=1S/C14H17FN2O4/c1-16-12-7-21-6-10(12)13(18)17-11-5-8(15)3-4-9(11)14(19)20-2/h3-5,10,12,16H,6-7H2,1-2H3,(H,17,18). The maximum Gasteiger partial charge on any atom is 0.339 e. The Morgan fingerprint density at radius 3 is 2.81 bits per heavy atom. The third-order valence-electron chi connectivity index (χ3n) is 3.43. The molecule has 1 aromatic carbocycles. The van der Waals surface area contributed by atoms with E-state index in [-0.39, 0.29) is 29.8 Å². The summed E-state index contributed by atoms with van der Waals surface area (Å²) in [5.41, 5.74) is 0.195. The van der Waals surface area contributed by atoms with Crippen LogP contribution in [0.25, 0.3) is 0 Å². The molecular weight excluding hydrogens is 279 g/mol. The van der Waals surface area contributed by atoms with Gasteiger partial charge in [-0.05, 0) is 25.2 Å². The predicted octanol–water partition coefficient (Wildman–Crippen LogP) is 0.785. The van der Waals surface area contributed by atoms with E-state index in [1.54, 1.807) is 7.05 Å². The first-order valence-corrected chi connectivity index (χ1v) is 6.50. The molecule has 1 aliphatic rings. The largest absolute Gasteiger partial charge is 0.465 e. The van der Waals surface area contributed by atoms with Gasteiger partial charge in [-0.3, -0.25) is 4.79 Å². The van der Waals surface area contributed by atoms with Crippen molar-refractivity contribution in [1.29, 1.82) is 0 Å². The van der Waals surface area contributed by atoms with E-state index in [1.165, 1.54) is 13.2 Å². The summed E-state index contributed by atoms with van der Waals surface area (Å²) < 4.78 is 23.2. The zero-order chi connectivity index (χ0) is 15.4.